The number of hydrogen-bond acceptors (Lipinski definition) is 3. The highest BCUT2D eigenvalue weighted by Crippen LogP contribution is 2.26. The summed E-state index contributed by atoms with van der Waals surface area (Å²) >= 11 is 0. The molecule has 0 heterocycles. The van der Waals surface area contributed by atoms with E-state index in [1.54, 1.807) is 0 Å². The molecule has 0 aromatic heterocycles. The number of ether oxygens (including phenoxy) is 1. The van der Waals surface area contributed by atoms with Crippen LogP contribution in [0.5, 0.6) is 0 Å². The van der Waals surface area contributed by atoms with Crippen molar-refractivity contribution in [3.8, 4) is 0 Å². The van der Waals surface area contributed by atoms with Crippen LogP contribution in [0.4, 0.5) is 5.69 Å². The Morgan fingerprint density at radius 2 is 1.86 bits per heavy atom. The maximum atomic E-state index is 11.7. The van der Waals surface area contributed by atoms with Gasteiger partial charge >= 0.3 is 5.97 Å². The van der Waals surface area contributed by atoms with Crippen molar-refractivity contribution < 1.29 is 9.53 Å². The number of nitrogens with one attached hydrogen (secondary N) is 1. The lowest BCUT2D eigenvalue weighted by Gasteiger charge is -2.21. The van der Waals surface area contributed by atoms with Gasteiger partial charge in [0.25, 0.3) is 0 Å². The molecule has 3 heteroatoms. The number of carbonyl (C=O) groups is 1. The zero-order valence-electron chi connectivity index (χ0n) is 13.2. The molecule has 1 aromatic rings. The highest BCUT2D eigenvalue weighted by molar-refractivity contribution is 5.89. The Morgan fingerprint density at radius 1 is 1.19 bits per heavy atom. The molecule has 0 saturated heterocycles. The second kappa shape index (κ2) is 8.06. The van der Waals surface area contributed by atoms with Crippen LogP contribution in [0.15, 0.2) is 24.3 Å². The van der Waals surface area contributed by atoms with Crippen LogP contribution in [0.2, 0.25) is 0 Å². The summed E-state index contributed by atoms with van der Waals surface area (Å²) in [4.78, 5) is 11.7. The SMILES string of the molecule is CC(C)OC(=O)c1ccc(NCCC2CCCCC2)cc1. The van der Waals surface area contributed by atoms with E-state index in [1.165, 1.54) is 38.5 Å². The van der Waals surface area contributed by atoms with Gasteiger partial charge in [0.2, 0.25) is 0 Å². The van der Waals surface area contributed by atoms with Crippen LogP contribution in [-0.4, -0.2) is 18.6 Å². The van der Waals surface area contributed by atoms with Gasteiger partial charge in [-0.3, -0.25) is 0 Å². The Kier molecular flexibility index (Phi) is 6.09. The smallest absolute Gasteiger partial charge is 0.338 e. The minimum absolute atomic E-state index is 0.0780. The minimum atomic E-state index is -0.251. The third-order valence-electron chi connectivity index (χ3n) is 4.07. The predicted octanol–water partition coefficient (Wildman–Crippen LogP) is 4.63. The lowest BCUT2D eigenvalue weighted by atomic mass is 9.87. The van der Waals surface area contributed by atoms with Crippen LogP contribution < -0.4 is 5.32 Å². The number of esters is 1. The van der Waals surface area contributed by atoms with E-state index in [1.807, 2.05) is 38.1 Å². The average molecular weight is 289 g/mol. The number of benzene rings is 1. The molecular weight excluding hydrogens is 262 g/mol. The van der Waals surface area contributed by atoms with Crippen molar-refractivity contribution in [3.05, 3.63) is 29.8 Å². The standard InChI is InChI=1S/C18H27NO2/c1-14(2)21-18(20)16-8-10-17(11-9-16)19-13-12-15-6-4-3-5-7-15/h8-11,14-15,19H,3-7,12-13H2,1-2H3. The van der Waals surface area contributed by atoms with Crippen LogP contribution in [0, 0.1) is 5.92 Å². The average Bonchev–Trinajstić information content (AvgIpc) is 2.48. The van der Waals surface area contributed by atoms with Gasteiger partial charge < -0.3 is 10.1 Å². The Labute approximate surface area is 128 Å². The minimum Gasteiger partial charge on any atom is -0.459 e. The van der Waals surface area contributed by atoms with Crippen molar-refractivity contribution in [2.45, 2.75) is 58.5 Å². The zero-order chi connectivity index (χ0) is 15.1. The van der Waals surface area contributed by atoms with Crippen LogP contribution in [-0.2, 0) is 4.74 Å². The van der Waals surface area contributed by atoms with Gasteiger partial charge in [-0.1, -0.05) is 32.1 Å². The molecule has 1 fully saturated rings. The topological polar surface area (TPSA) is 38.3 Å². The van der Waals surface area contributed by atoms with Gasteiger partial charge in [-0.05, 0) is 50.5 Å². The molecule has 0 spiro atoms. The summed E-state index contributed by atoms with van der Waals surface area (Å²) in [5, 5.41) is 3.45. The van der Waals surface area contributed by atoms with Gasteiger partial charge in [-0.25, -0.2) is 4.79 Å². The third-order valence-corrected chi connectivity index (χ3v) is 4.07. The Bertz CT molecular complexity index is 433. The normalized spacial score (nSPS) is 16.0. The molecule has 0 amide bonds. The lowest BCUT2D eigenvalue weighted by molar-refractivity contribution is 0.0378. The van der Waals surface area contributed by atoms with Gasteiger partial charge in [0.1, 0.15) is 0 Å². The summed E-state index contributed by atoms with van der Waals surface area (Å²) in [5.41, 5.74) is 1.69. The van der Waals surface area contributed by atoms with Gasteiger partial charge in [0.15, 0.2) is 0 Å². The molecule has 0 unspecified atom stereocenters. The van der Waals surface area contributed by atoms with E-state index in [2.05, 4.69) is 5.32 Å². The molecule has 2 rings (SSSR count). The van der Waals surface area contributed by atoms with Crippen molar-refractivity contribution in [1.82, 2.24) is 0 Å². The molecule has 0 aliphatic heterocycles. The van der Waals surface area contributed by atoms with Crippen LogP contribution in [0.3, 0.4) is 0 Å². The Hall–Kier alpha value is -1.51. The maximum Gasteiger partial charge on any atom is 0.338 e. The molecule has 1 aliphatic carbocycles. The molecule has 1 aromatic carbocycles. The number of anilines is 1. The monoisotopic (exact) mass is 289 g/mol. The first-order chi connectivity index (χ1) is 10.1. The molecule has 1 aliphatic rings. The first-order valence-electron chi connectivity index (χ1n) is 8.20. The fourth-order valence-corrected chi connectivity index (χ4v) is 2.90. The molecule has 3 nitrogen and oxygen atoms in total. The molecule has 0 atom stereocenters. The highest BCUT2D eigenvalue weighted by atomic mass is 16.5. The maximum absolute atomic E-state index is 11.7. The molecule has 1 N–H and O–H groups in total. The second-order valence-electron chi connectivity index (χ2n) is 6.25. The Morgan fingerprint density at radius 3 is 2.48 bits per heavy atom. The van der Waals surface area contributed by atoms with E-state index in [0.717, 1.165) is 18.2 Å². The molecular formula is C18H27NO2. The summed E-state index contributed by atoms with van der Waals surface area (Å²) in [7, 11) is 0. The van der Waals surface area contributed by atoms with Gasteiger partial charge in [0.05, 0.1) is 11.7 Å². The van der Waals surface area contributed by atoms with Gasteiger partial charge in [0, 0.05) is 12.2 Å². The Balaban J connectivity index is 1.75. The first kappa shape index (κ1) is 15.9. The number of rotatable bonds is 6. The predicted molar refractivity (Wildman–Crippen MR) is 86.7 cm³/mol. The number of hydrogen-bond donors (Lipinski definition) is 1. The van der Waals surface area contributed by atoms with E-state index in [0.29, 0.717) is 5.56 Å². The zero-order valence-corrected chi connectivity index (χ0v) is 13.2. The van der Waals surface area contributed by atoms with Crippen LogP contribution >= 0.6 is 0 Å². The summed E-state index contributed by atoms with van der Waals surface area (Å²) in [6.45, 7) is 4.73. The van der Waals surface area contributed by atoms with Crippen molar-refractivity contribution >= 4 is 11.7 Å². The summed E-state index contributed by atoms with van der Waals surface area (Å²) in [6, 6.07) is 7.57. The van der Waals surface area contributed by atoms with Crippen molar-refractivity contribution in [3.63, 3.8) is 0 Å². The third kappa shape index (κ3) is 5.41. The lowest BCUT2D eigenvalue weighted by Crippen LogP contribution is -2.13. The van der Waals surface area contributed by atoms with Crippen molar-refractivity contribution in [1.29, 1.82) is 0 Å². The van der Waals surface area contributed by atoms with Gasteiger partial charge in [-0.15, -0.1) is 0 Å². The van der Waals surface area contributed by atoms with E-state index in [-0.39, 0.29) is 12.1 Å². The summed E-state index contributed by atoms with van der Waals surface area (Å²) < 4.78 is 5.18. The second-order valence-corrected chi connectivity index (χ2v) is 6.25. The molecule has 1 saturated carbocycles. The molecule has 21 heavy (non-hydrogen) atoms. The van der Waals surface area contributed by atoms with Crippen molar-refractivity contribution in [2.75, 3.05) is 11.9 Å². The van der Waals surface area contributed by atoms with Crippen molar-refractivity contribution in [2.24, 2.45) is 5.92 Å². The molecule has 0 bridgehead atoms. The van der Waals surface area contributed by atoms with Gasteiger partial charge in [-0.2, -0.15) is 0 Å². The fourth-order valence-electron chi connectivity index (χ4n) is 2.90. The molecule has 116 valence electrons. The summed E-state index contributed by atoms with van der Waals surface area (Å²) in [5.74, 6) is 0.644. The van der Waals surface area contributed by atoms with E-state index >= 15 is 0 Å². The van der Waals surface area contributed by atoms with E-state index in [9.17, 15) is 4.79 Å². The number of carbonyl (C=O) groups excluding carboxylic acids is 1. The highest BCUT2D eigenvalue weighted by Gasteiger charge is 2.13. The largest absolute Gasteiger partial charge is 0.459 e. The van der Waals surface area contributed by atoms with Crippen LogP contribution in [0.1, 0.15) is 62.7 Å². The molecule has 0 radical (unpaired) electrons. The van der Waals surface area contributed by atoms with Crippen LogP contribution in [0.25, 0.3) is 0 Å². The quantitative estimate of drug-likeness (QED) is 0.776. The summed E-state index contributed by atoms with van der Waals surface area (Å²) in [6.07, 6.45) is 8.17. The van der Waals surface area contributed by atoms with E-state index < -0.39 is 0 Å². The fraction of sp³-hybridized carbons (Fsp3) is 0.611. The first-order valence-corrected chi connectivity index (χ1v) is 8.20. The van der Waals surface area contributed by atoms with E-state index in [4.69, 9.17) is 4.74 Å².